The highest BCUT2D eigenvalue weighted by Gasteiger charge is 2.17. The van der Waals surface area contributed by atoms with Gasteiger partial charge in [0, 0.05) is 11.4 Å². The number of amides is 1. The summed E-state index contributed by atoms with van der Waals surface area (Å²) in [5, 5.41) is 2.54. The van der Waals surface area contributed by atoms with Gasteiger partial charge in [0.2, 0.25) is 5.91 Å². The lowest BCUT2D eigenvalue weighted by molar-refractivity contribution is -0.126. The largest absolute Gasteiger partial charge is 0.399 e. The summed E-state index contributed by atoms with van der Waals surface area (Å²) >= 11 is 0. The van der Waals surface area contributed by atoms with Crippen molar-refractivity contribution in [3.05, 3.63) is 60.7 Å². The quantitative estimate of drug-likeness (QED) is 0.591. The summed E-state index contributed by atoms with van der Waals surface area (Å²) in [7, 11) is 0. The molecular weight excluding hydrogens is 266 g/mol. The van der Waals surface area contributed by atoms with Crippen LogP contribution in [-0.2, 0) is 9.59 Å². The molecule has 0 aliphatic rings. The van der Waals surface area contributed by atoms with Crippen LogP contribution in [0.1, 0.15) is 6.92 Å². The van der Waals surface area contributed by atoms with Gasteiger partial charge in [0.15, 0.2) is 5.78 Å². The lowest BCUT2D eigenvalue weighted by Gasteiger charge is -2.08. The third-order valence-corrected chi connectivity index (χ3v) is 2.56. The maximum atomic E-state index is 11.3. The first kappa shape index (κ1) is 16.4. The van der Waals surface area contributed by atoms with Crippen molar-refractivity contribution in [1.82, 2.24) is 0 Å². The van der Waals surface area contributed by atoms with Gasteiger partial charge >= 0.3 is 0 Å². The first-order chi connectivity index (χ1) is 10.0. The molecule has 5 heteroatoms. The van der Waals surface area contributed by atoms with Crippen molar-refractivity contribution in [2.24, 2.45) is 5.73 Å². The predicted molar refractivity (Wildman–Crippen MR) is 84.6 cm³/mol. The molecular formula is C16H19N3O2. The number of nitrogens with two attached hydrogens (primary N) is 2. The average molecular weight is 285 g/mol. The third-order valence-electron chi connectivity index (χ3n) is 2.56. The Kier molecular flexibility index (Phi) is 6.63. The van der Waals surface area contributed by atoms with Crippen LogP contribution in [0, 0.1) is 0 Å². The smallest absolute Gasteiger partial charge is 0.248 e. The predicted octanol–water partition coefficient (Wildman–Crippen LogP) is 1.81. The van der Waals surface area contributed by atoms with E-state index >= 15 is 0 Å². The summed E-state index contributed by atoms with van der Waals surface area (Å²) in [4.78, 5) is 22.1. The molecule has 21 heavy (non-hydrogen) atoms. The van der Waals surface area contributed by atoms with Gasteiger partial charge in [0.25, 0.3) is 0 Å². The standard InChI is InChI=1S/C10H12N2O2.C6H7N/c1-7(13)9(11)10(14)12-8-5-3-2-4-6-8;7-6-4-2-1-3-5-6/h2-6,9H,11H2,1H3,(H,12,14);1-5H,7H2. The summed E-state index contributed by atoms with van der Waals surface area (Å²) in [5.41, 5.74) is 12.2. The van der Waals surface area contributed by atoms with Crippen molar-refractivity contribution in [2.75, 3.05) is 11.1 Å². The Labute approximate surface area is 124 Å². The maximum Gasteiger partial charge on any atom is 0.248 e. The summed E-state index contributed by atoms with van der Waals surface area (Å²) in [6.45, 7) is 1.29. The zero-order valence-electron chi connectivity index (χ0n) is 11.8. The number of Topliss-reactive ketones (excluding diaryl/α,β-unsaturated/α-hetero) is 1. The van der Waals surface area contributed by atoms with Crippen LogP contribution in [0.15, 0.2) is 60.7 Å². The van der Waals surface area contributed by atoms with Gasteiger partial charge in [-0.15, -0.1) is 0 Å². The van der Waals surface area contributed by atoms with E-state index in [4.69, 9.17) is 11.5 Å². The minimum atomic E-state index is -1.09. The topological polar surface area (TPSA) is 98.2 Å². The second-order valence-corrected chi connectivity index (χ2v) is 4.35. The molecule has 0 aromatic heterocycles. The number of nitrogens with one attached hydrogen (secondary N) is 1. The number of ketones is 1. The van der Waals surface area contributed by atoms with Gasteiger partial charge in [0.05, 0.1) is 0 Å². The van der Waals surface area contributed by atoms with Gasteiger partial charge in [-0.05, 0) is 31.2 Å². The van der Waals surface area contributed by atoms with Crippen molar-refractivity contribution in [3.63, 3.8) is 0 Å². The fourth-order valence-corrected chi connectivity index (χ4v) is 1.38. The highest BCUT2D eigenvalue weighted by Crippen LogP contribution is 2.05. The highest BCUT2D eigenvalue weighted by atomic mass is 16.2. The molecule has 0 aliphatic heterocycles. The fraction of sp³-hybridized carbons (Fsp3) is 0.125. The Morgan fingerprint density at radius 3 is 1.81 bits per heavy atom. The maximum absolute atomic E-state index is 11.3. The summed E-state index contributed by atoms with van der Waals surface area (Å²) in [6.07, 6.45) is 0. The van der Waals surface area contributed by atoms with Gasteiger partial charge < -0.3 is 16.8 Å². The normalized spacial score (nSPS) is 10.8. The molecule has 1 unspecified atom stereocenters. The molecule has 0 bridgehead atoms. The van der Waals surface area contributed by atoms with Crippen LogP contribution >= 0.6 is 0 Å². The lowest BCUT2D eigenvalue weighted by Crippen LogP contribution is -2.41. The molecule has 2 rings (SSSR count). The number of para-hydroxylation sites is 2. The van der Waals surface area contributed by atoms with E-state index in [1.807, 2.05) is 36.4 Å². The van der Waals surface area contributed by atoms with Gasteiger partial charge in [-0.25, -0.2) is 0 Å². The Balaban J connectivity index is 0.000000262. The van der Waals surface area contributed by atoms with Crippen LogP contribution in [0.25, 0.3) is 0 Å². The van der Waals surface area contributed by atoms with Crippen LogP contribution in [-0.4, -0.2) is 17.7 Å². The van der Waals surface area contributed by atoms with Crippen molar-refractivity contribution in [3.8, 4) is 0 Å². The van der Waals surface area contributed by atoms with E-state index in [-0.39, 0.29) is 5.78 Å². The molecule has 1 amide bonds. The number of hydrogen-bond donors (Lipinski definition) is 3. The molecule has 110 valence electrons. The monoisotopic (exact) mass is 285 g/mol. The first-order valence-electron chi connectivity index (χ1n) is 6.43. The van der Waals surface area contributed by atoms with Gasteiger partial charge in [-0.1, -0.05) is 36.4 Å². The van der Waals surface area contributed by atoms with Gasteiger partial charge in [-0.3, -0.25) is 9.59 Å². The SMILES string of the molecule is CC(=O)C(N)C(=O)Nc1ccccc1.Nc1ccccc1. The minimum absolute atomic E-state index is 0.349. The van der Waals surface area contributed by atoms with E-state index in [9.17, 15) is 9.59 Å². The molecule has 5 N–H and O–H groups in total. The van der Waals surface area contributed by atoms with E-state index in [2.05, 4.69) is 5.32 Å². The molecule has 0 fully saturated rings. The van der Waals surface area contributed by atoms with E-state index in [1.54, 1.807) is 24.3 Å². The molecule has 5 nitrogen and oxygen atoms in total. The molecule has 0 aliphatic carbocycles. The second-order valence-electron chi connectivity index (χ2n) is 4.35. The van der Waals surface area contributed by atoms with Crippen LogP contribution in [0.4, 0.5) is 11.4 Å². The summed E-state index contributed by atoms with van der Waals surface area (Å²) in [5.74, 6) is -0.831. The van der Waals surface area contributed by atoms with Crippen molar-refractivity contribution >= 4 is 23.1 Å². The second kappa shape index (κ2) is 8.50. The fourth-order valence-electron chi connectivity index (χ4n) is 1.38. The van der Waals surface area contributed by atoms with Crippen LogP contribution in [0.2, 0.25) is 0 Å². The van der Waals surface area contributed by atoms with E-state index < -0.39 is 11.9 Å². The van der Waals surface area contributed by atoms with Crippen molar-refractivity contribution in [1.29, 1.82) is 0 Å². The Bertz CT molecular complexity index is 571. The lowest BCUT2D eigenvalue weighted by atomic mass is 10.2. The Hall–Kier alpha value is -2.66. The Morgan fingerprint density at radius 2 is 1.43 bits per heavy atom. The Morgan fingerprint density at radius 1 is 0.952 bits per heavy atom. The van der Waals surface area contributed by atoms with E-state index in [0.717, 1.165) is 5.69 Å². The number of benzene rings is 2. The van der Waals surface area contributed by atoms with Crippen molar-refractivity contribution < 1.29 is 9.59 Å². The molecule has 0 saturated heterocycles. The van der Waals surface area contributed by atoms with E-state index in [0.29, 0.717) is 5.69 Å². The number of rotatable bonds is 3. The highest BCUT2D eigenvalue weighted by molar-refractivity contribution is 6.09. The van der Waals surface area contributed by atoms with Crippen LogP contribution in [0.5, 0.6) is 0 Å². The zero-order chi connectivity index (χ0) is 15.7. The third kappa shape index (κ3) is 6.35. The van der Waals surface area contributed by atoms with E-state index in [1.165, 1.54) is 6.92 Å². The average Bonchev–Trinajstić information content (AvgIpc) is 2.48. The van der Waals surface area contributed by atoms with Gasteiger partial charge in [0.1, 0.15) is 6.04 Å². The number of nitrogen functional groups attached to an aromatic ring is 1. The molecule has 0 radical (unpaired) electrons. The first-order valence-corrected chi connectivity index (χ1v) is 6.43. The number of carbonyl (C=O) groups is 2. The molecule has 0 spiro atoms. The number of hydrogen-bond acceptors (Lipinski definition) is 4. The number of anilines is 2. The van der Waals surface area contributed by atoms with Crippen LogP contribution in [0.3, 0.4) is 0 Å². The van der Waals surface area contributed by atoms with Gasteiger partial charge in [-0.2, -0.15) is 0 Å². The molecule has 0 heterocycles. The summed E-state index contributed by atoms with van der Waals surface area (Å²) in [6, 6.07) is 17.3. The molecule has 1 atom stereocenters. The molecule has 2 aromatic rings. The summed E-state index contributed by atoms with van der Waals surface area (Å²) < 4.78 is 0. The van der Waals surface area contributed by atoms with Crippen LogP contribution < -0.4 is 16.8 Å². The zero-order valence-corrected chi connectivity index (χ0v) is 11.8. The number of carbonyl (C=O) groups excluding carboxylic acids is 2. The molecule has 0 saturated carbocycles. The minimum Gasteiger partial charge on any atom is -0.399 e. The van der Waals surface area contributed by atoms with Crippen molar-refractivity contribution in [2.45, 2.75) is 13.0 Å². The molecule has 2 aromatic carbocycles.